The van der Waals surface area contributed by atoms with E-state index in [1.165, 1.54) is 0 Å². The van der Waals surface area contributed by atoms with E-state index < -0.39 is 0 Å². The second-order valence-electron chi connectivity index (χ2n) is 4.67. The third-order valence-corrected chi connectivity index (χ3v) is 3.33. The first-order valence-electron chi connectivity index (χ1n) is 7.17. The van der Waals surface area contributed by atoms with Crippen LogP contribution in [0.2, 0.25) is 0 Å². The summed E-state index contributed by atoms with van der Waals surface area (Å²) in [6.45, 7) is 8.08. The van der Waals surface area contributed by atoms with E-state index in [0.717, 1.165) is 31.6 Å². The Balaban J connectivity index is 2.34. The summed E-state index contributed by atoms with van der Waals surface area (Å²) in [5.41, 5.74) is 1.58. The summed E-state index contributed by atoms with van der Waals surface area (Å²) in [7, 11) is 0. The number of hydrogen-bond acceptors (Lipinski definition) is 3. The van der Waals surface area contributed by atoms with Gasteiger partial charge in [0.25, 0.3) is 5.91 Å². The zero-order valence-electron chi connectivity index (χ0n) is 12.4. The Hall–Kier alpha value is -1.86. The third-order valence-electron chi connectivity index (χ3n) is 3.33. The van der Waals surface area contributed by atoms with Crippen molar-refractivity contribution in [1.29, 1.82) is 5.26 Å². The molecule has 0 aliphatic carbocycles. The highest BCUT2D eigenvalue weighted by Gasteiger charge is 2.05. The fraction of sp³-hybridized carbons (Fsp3) is 0.500. The molecule has 0 aliphatic heterocycles. The molecule has 0 saturated heterocycles. The van der Waals surface area contributed by atoms with Crippen LogP contribution in [0.4, 0.5) is 0 Å². The van der Waals surface area contributed by atoms with Crippen LogP contribution in [0.1, 0.15) is 36.2 Å². The molecule has 0 radical (unpaired) electrons. The normalized spacial score (nSPS) is 10.3. The standard InChI is InChI=1S/C16H23N3O/c1-3-19(4-2)13-5-12-18-16(20)15-8-6-14(7-9-15)10-11-17/h6-9H,3-5,10,12-13H2,1-2H3,(H,18,20). The Kier molecular flexibility index (Phi) is 7.38. The number of carbonyl (C=O) groups excluding carboxylic acids is 1. The minimum absolute atomic E-state index is 0.0481. The summed E-state index contributed by atoms with van der Waals surface area (Å²) >= 11 is 0. The van der Waals surface area contributed by atoms with Crippen molar-refractivity contribution < 1.29 is 4.79 Å². The van der Waals surface area contributed by atoms with E-state index in [9.17, 15) is 4.79 Å². The smallest absolute Gasteiger partial charge is 0.251 e. The Morgan fingerprint density at radius 1 is 1.25 bits per heavy atom. The molecule has 0 aromatic heterocycles. The number of nitrogens with zero attached hydrogens (tertiary/aromatic N) is 2. The van der Waals surface area contributed by atoms with Crippen LogP contribution < -0.4 is 5.32 Å². The maximum Gasteiger partial charge on any atom is 0.251 e. The lowest BCUT2D eigenvalue weighted by Crippen LogP contribution is -2.29. The molecule has 0 aliphatic rings. The van der Waals surface area contributed by atoms with Gasteiger partial charge in [-0.3, -0.25) is 4.79 Å². The van der Waals surface area contributed by atoms with Gasteiger partial charge in [-0.25, -0.2) is 0 Å². The highest BCUT2D eigenvalue weighted by Crippen LogP contribution is 2.04. The largest absolute Gasteiger partial charge is 0.352 e. The first-order valence-corrected chi connectivity index (χ1v) is 7.17. The molecule has 0 atom stereocenters. The predicted molar refractivity (Wildman–Crippen MR) is 80.5 cm³/mol. The van der Waals surface area contributed by atoms with Gasteiger partial charge in [0.2, 0.25) is 0 Å². The number of amides is 1. The molecule has 1 amide bonds. The SMILES string of the molecule is CCN(CC)CCCNC(=O)c1ccc(CC#N)cc1. The molecule has 4 nitrogen and oxygen atoms in total. The van der Waals surface area contributed by atoms with Gasteiger partial charge in [0.05, 0.1) is 12.5 Å². The van der Waals surface area contributed by atoms with Gasteiger partial charge in [0, 0.05) is 12.1 Å². The number of rotatable bonds is 8. The number of nitriles is 1. The molecule has 0 heterocycles. The molecule has 0 fully saturated rings. The van der Waals surface area contributed by atoms with Gasteiger partial charge in [0.1, 0.15) is 0 Å². The van der Waals surface area contributed by atoms with Crippen LogP contribution in [0.5, 0.6) is 0 Å². The fourth-order valence-corrected chi connectivity index (χ4v) is 2.01. The van der Waals surface area contributed by atoms with E-state index >= 15 is 0 Å². The zero-order chi connectivity index (χ0) is 14.8. The third kappa shape index (κ3) is 5.41. The summed E-state index contributed by atoms with van der Waals surface area (Å²) in [5, 5.41) is 11.5. The van der Waals surface area contributed by atoms with Gasteiger partial charge < -0.3 is 10.2 Å². The van der Waals surface area contributed by atoms with Crippen LogP contribution in [0, 0.1) is 11.3 Å². The van der Waals surface area contributed by atoms with E-state index in [1.807, 2.05) is 12.1 Å². The van der Waals surface area contributed by atoms with Gasteiger partial charge in [-0.15, -0.1) is 0 Å². The first-order chi connectivity index (χ1) is 9.71. The van der Waals surface area contributed by atoms with Gasteiger partial charge in [-0.2, -0.15) is 5.26 Å². The van der Waals surface area contributed by atoms with Gasteiger partial charge in [0.15, 0.2) is 0 Å². The Bertz CT molecular complexity index is 444. The topological polar surface area (TPSA) is 56.1 Å². The summed E-state index contributed by atoms with van der Waals surface area (Å²) < 4.78 is 0. The number of hydrogen-bond donors (Lipinski definition) is 1. The van der Waals surface area contributed by atoms with Gasteiger partial charge >= 0.3 is 0 Å². The van der Waals surface area contributed by atoms with E-state index in [4.69, 9.17) is 5.26 Å². The molecular weight excluding hydrogens is 250 g/mol. The van der Waals surface area contributed by atoms with Crippen molar-refractivity contribution in [2.24, 2.45) is 0 Å². The van der Waals surface area contributed by atoms with Crippen molar-refractivity contribution >= 4 is 5.91 Å². The molecule has 4 heteroatoms. The van der Waals surface area contributed by atoms with Crippen LogP contribution in [0.3, 0.4) is 0 Å². The lowest BCUT2D eigenvalue weighted by molar-refractivity contribution is 0.0952. The first kappa shape index (κ1) is 16.2. The summed E-state index contributed by atoms with van der Waals surface area (Å²) in [6.07, 6.45) is 1.34. The van der Waals surface area contributed by atoms with Crippen LogP contribution in [-0.2, 0) is 6.42 Å². The predicted octanol–water partition coefficient (Wildman–Crippen LogP) is 2.21. The highest BCUT2D eigenvalue weighted by atomic mass is 16.1. The van der Waals surface area contributed by atoms with E-state index in [-0.39, 0.29) is 5.91 Å². The summed E-state index contributed by atoms with van der Waals surface area (Å²) in [4.78, 5) is 14.2. The highest BCUT2D eigenvalue weighted by molar-refractivity contribution is 5.94. The van der Waals surface area contributed by atoms with Crippen molar-refractivity contribution in [3.8, 4) is 6.07 Å². The number of carbonyl (C=O) groups is 1. The quantitative estimate of drug-likeness (QED) is 0.739. The molecule has 1 aromatic rings. The minimum Gasteiger partial charge on any atom is -0.352 e. The molecular formula is C16H23N3O. The van der Waals surface area contributed by atoms with Gasteiger partial charge in [-0.1, -0.05) is 26.0 Å². The maximum atomic E-state index is 11.9. The molecule has 0 bridgehead atoms. The monoisotopic (exact) mass is 273 g/mol. The van der Waals surface area contributed by atoms with Crippen LogP contribution in [0.15, 0.2) is 24.3 Å². The number of benzene rings is 1. The summed E-state index contributed by atoms with van der Waals surface area (Å²) in [5.74, 6) is -0.0481. The molecule has 0 unspecified atom stereocenters. The van der Waals surface area contributed by atoms with E-state index in [1.54, 1.807) is 12.1 Å². The number of nitrogens with one attached hydrogen (secondary N) is 1. The molecule has 108 valence electrons. The van der Waals surface area contributed by atoms with Crippen molar-refractivity contribution in [2.45, 2.75) is 26.7 Å². The molecule has 1 rings (SSSR count). The second-order valence-corrected chi connectivity index (χ2v) is 4.67. The summed E-state index contributed by atoms with van der Waals surface area (Å²) in [6, 6.07) is 9.29. The van der Waals surface area contributed by atoms with Crippen molar-refractivity contribution in [3.63, 3.8) is 0 Å². The van der Waals surface area contributed by atoms with Gasteiger partial charge in [-0.05, 0) is 43.8 Å². The maximum absolute atomic E-state index is 11.9. The van der Waals surface area contributed by atoms with Crippen LogP contribution >= 0.6 is 0 Å². The molecule has 1 aromatic carbocycles. The van der Waals surface area contributed by atoms with Crippen LogP contribution in [0.25, 0.3) is 0 Å². The molecule has 20 heavy (non-hydrogen) atoms. The second kappa shape index (κ2) is 9.11. The van der Waals surface area contributed by atoms with E-state index in [0.29, 0.717) is 18.5 Å². The fourth-order valence-electron chi connectivity index (χ4n) is 2.01. The van der Waals surface area contributed by atoms with E-state index in [2.05, 4.69) is 30.1 Å². The Morgan fingerprint density at radius 3 is 2.45 bits per heavy atom. The lowest BCUT2D eigenvalue weighted by Gasteiger charge is -2.17. The Labute approximate surface area is 121 Å². The molecule has 0 saturated carbocycles. The molecule has 0 spiro atoms. The minimum atomic E-state index is -0.0481. The van der Waals surface area contributed by atoms with Crippen molar-refractivity contribution in [2.75, 3.05) is 26.2 Å². The average Bonchev–Trinajstić information content (AvgIpc) is 2.48. The van der Waals surface area contributed by atoms with Crippen molar-refractivity contribution in [3.05, 3.63) is 35.4 Å². The van der Waals surface area contributed by atoms with Crippen LogP contribution in [-0.4, -0.2) is 37.0 Å². The lowest BCUT2D eigenvalue weighted by atomic mass is 10.1. The van der Waals surface area contributed by atoms with Crippen molar-refractivity contribution in [1.82, 2.24) is 10.2 Å². The Morgan fingerprint density at radius 2 is 1.90 bits per heavy atom. The molecule has 1 N–H and O–H groups in total. The zero-order valence-corrected chi connectivity index (χ0v) is 12.4. The average molecular weight is 273 g/mol.